The van der Waals surface area contributed by atoms with Crippen LogP contribution in [0.15, 0.2) is 0 Å². The van der Waals surface area contributed by atoms with Gasteiger partial charge < -0.3 is 5.32 Å². The van der Waals surface area contributed by atoms with E-state index in [1.165, 1.54) is 38.0 Å². The van der Waals surface area contributed by atoms with Crippen molar-refractivity contribution < 1.29 is 0 Å². The van der Waals surface area contributed by atoms with Crippen LogP contribution in [0.25, 0.3) is 0 Å². The monoisotopic (exact) mass is 187 g/mol. The molecule has 0 aromatic rings. The lowest BCUT2D eigenvalue weighted by atomic mass is 10.2. The Morgan fingerprint density at radius 1 is 1.58 bits per heavy atom. The number of hydrogen-bond donors (Lipinski definition) is 1. The van der Waals surface area contributed by atoms with E-state index in [2.05, 4.69) is 30.9 Å². The van der Waals surface area contributed by atoms with Crippen molar-refractivity contribution >= 4 is 11.8 Å². The molecule has 0 aromatic carbocycles. The molecule has 0 spiro atoms. The van der Waals surface area contributed by atoms with Gasteiger partial charge in [-0.15, -0.1) is 0 Å². The van der Waals surface area contributed by atoms with Gasteiger partial charge in [-0.1, -0.05) is 13.3 Å². The first-order valence-corrected chi connectivity index (χ1v) is 6.22. The number of thioether (sulfide) groups is 1. The molecule has 0 radical (unpaired) electrons. The normalized spacial score (nSPS) is 26.0. The smallest absolute Gasteiger partial charge is 0.0172 e. The highest BCUT2D eigenvalue weighted by atomic mass is 32.2. The van der Waals surface area contributed by atoms with Gasteiger partial charge in [-0.25, -0.2) is 0 Å². The Balaban J connectivity index is 1.99. The molecule has 1 saturated heterocycles. The average molecular weight is 187 g/mol. The lowest BCUT2D eigenvalue weighted by Gasteiger charge is -2.15. The van der Waals surface area contributed by atoms with Gasteiger partial charge in [-0.2, -0.15) is 11.8 Å². The first kappa shape index (κ1) is 10.4. The Hall–Kier alpha value is 0.310. The fourth-order valence-corrected chi connectivity index (χ4v) is 2.89. The minimum absolute atomic E-state index is 0.719. The number of rotatable bonds is 5. The predicted octanol–water partition coefficient (Wildman–Crippen LogP) is 2.66. The van der Waals surface area contributed by atoms with Crippen LogP contribution < -0.4 is 5.32 Å². The largest absolute Gasteiger partial charge is 0.313 e. The molecule has 0 bridgehead atoms. The molecule has 1 nitrogen and oxygen atoms in total. The van der Waals surface area contributed by atoms with Gasteiger partial charge in [0, 0.05) is 17.8 Å². The summed E-state index contributed by atoms with van der Waals surface area (Å²) in [5, 5.41) is 4.51. The average Bonchev–Trinajstić information content (AvgIpc) is 2.53. The zero-order chi connectivity index (χ0) is 8.81. The SMILES string of the molecule is CCCC(C)NCC1CCCS1. The maximum atomic E-state index is 3.60. The predicted molar refractivity (Wildman–Crippen MR) is 57.9 cm³/mol. The van der Waals surface area contributed by atoms with Crippen molar-refractivity contribution in [3.63, 3.8) is 0 Å². The van der Waals surface area contributed by atoms with Gasteiger partial charge in [0.2, 0.25) is 0 Å². The van der Waals surface area contributed by atoms with Crippen LogP contribution in [-0.2, 0) is 0 Å². The van der Waals surface area contributed by atoms with E-state index in [1.807, 2.05) is 0 Å². The van der Waals surface area contributed by atoms with Crippen LogP contribution in [0.2, 0.25) is 0 Å². The quantitative estimate of drug-likeness (QED) is 0.710. The van der Waals surface area contributed by atoms with Gasteiger partial charge in [0.1, 0.15) is 0 Å². The van der Waals surface area contributed by atoms with E-state index < -0.39 is 0 Å². The summed E-state index contributed by atoms with van der Waals surface area (Å²) in [5.41, 5.74) is 0. The minimum atomic E-state index is 0.719. The van der Waals surface area contributed by atoms with Crippen molar-refractivity contribution in [1.29, 1.82) is 0 Å². The van der Waals surface area contributed by atoms with E-state index in [1.54, 1.807) is 0 Å². The highest BCUT2D eigenvalue weighted by Gasteiger charge is 2.15. The minimum Gasteiger partial charge on any atom is -0.313 e. The molecule has 1 aliphatic rings. The third-order valence-corrected chi connectivity index (χ3v) is 3.84. The van der Waals surface area contributed by atoms with Crippen LogP contribution in [0.3, 0.4) is 0 Å². The van der Waals surface area contributed by atoms with Gasteiger partial charge in [0.25, 0.3) is 0 Å². The Bertz CT molecular complexity index is 110. The molecule has 0 amide bonds. The second kappa shape index (κ2) is 5.87. The van der Waals surface area contributed by atoms with Gasteiger partial charge in [0.05, 0.1) is 0 Å². The fraction of sp³-hybridized carbons (Fsp3) is 1.00. The van der Waals surface area contributed by atoms with Crippen LogP contribution in [-0.4, -0.2) is 23.6 Å². The Labute approximate surface area is 80.7 Å². The van der Waals surface area contributed by atoms with E-state index in [4.69, 9.17) is 0 Å². The van der Waals surface area contributed by atoms with Crippen molar-refractivity contribution in [3.8, 4) is 0 Å². The van der Waals surface area contributed by atoms with Crippen LogP contribution in [0, 0.1) is 0 Å². The first-order chi connectivity index (χ1) is 5.83. The third-order valence-electron chi connectivity index (χ3n) is 2.44. The first-order valence-electron chi connectivity index (χ1n) is 5.18. The lowest BCUT2D eigenvalue weighted by molar-refractivity contribution is 0.503. The summed E-state index contributed by atoms with van der Waals surface area (Å²) in [6.07, 6.45) is 5.47. The van der Waals surface area contributed by atoms with Crippen molar-refractivity contribution in [1.82, 2.24) is 5.32 Å². The van der Waals surface area contributed by atoms with Crippen LogP contribution in [0.1, 0.15) is 39.5 Å². The van der Waals surface area contributed by atoms with Crippen molar-refractivity contribution in [3.05, 3.63) is 0 Å². The van der Waals surface area contributed by atoms with Gasteiger partial charge in [-0.05, 0) is 31.9 Å². The summed E-state index contributed by atoms with van der Waals surface area (Å²) in [6, 6.07) is 0.719. The Morgan fingerprint density at radius 3 is 3.00 bits per heavy atom. The van der Waals surface area contributed by atoms with E-state index in [-0.39, 0.29) is 0 Å². The zero-order valence-corrected chi connectivity index (χ0v) is 9.12. The van der Waals surface area contributed by atoms with Crippen molar-refractivity contribution in [2.24, 2.45) is 0 Å². The second-order valence-corrected chi connectivity index (χ2v) is 5.14. The van der Waals surface area contributed by atoms with E-state index in [0.717, 1.165) is 11.3 Å². The summed E-state index contributed by atoms with van der Waals surface area (Å²) in [6.45, 7) is 5.78. The molecule has 0 saturated carbocycles. The molecule has 1 heterocycles. The van der Waals surface area contributed by atoms with Crippen LogP contribution in [0.5, 0.6) is 0 Å². The molecular formula is C10H21NS. The topological polar surface area (TPSA) is 12.0 Å². The summed E-state index contributed by atoms with van der Waals surface area (Å²) in [4.78, 5) is 0. The molecule has 2 heteroatoms. The molecule has 12 heavy (non-hydrogen) atoms. The van der Waals surface area contributed by atoms with Crippen molar-refractivity contribution in [2.45, 2.75) is 50.8 Å². The van der Waals surface area contributed by atoms with Gasteiger partial charge in [0.15, 0.2) is 0 Å². The summed E-state index contributed by atoms with van der Waals surface area (Å²) < 4.78 is 0. The Kier molecular flexibility index (Phi) is 5.08. The van der Waals surface area contributed by atoms with E-state index >= 15 is 0 Å². The van der Waals surface area contributed by atoms with Crippen LogP contribution in [0.4, 0.5) is 0 Å². The molecule has 0 aromatic heterocycles. The van der Waals surface area contributed by atoms with Crippen LogP contribution >= 0.6 is 11.8 Å². The zero-order valence-electron chi connectivity index (χ0n) is 8.31. The maximum Gasteiger partial charge on any atom is 0.0172 e. The molecule has 1 fully saturated rings. The highest BCUT2D eigenvalue weighted by Crippen LogP contribution is 2.25. The van der Waals surface area contributed by atoms with Gasteiger partial charge in [-0.3, -0.25) is 0 Å². The molecule has 1 N–H and O–H groups in total. The highest BCUT2D eigenvalue weighted by molar-refractivity contribution is 8.00. The molecular weight excluding hydrogens is 166 g/mol. The summed E-state index contributed by atoms with van der Waals surface area (Å²) >= 11 is 2.14. The molecule has 2 unspecified atom stereocenters. The molecule has 1 aliphatic heterocycles. The van der Waals surface area contributed by atoms with E-state index in [9.17, 15) is 0 Å². The van der Waals surface area contributed by atoms with E-state index in [0.29, 0.717) is 0 Å². The summed E-state index contributed by atoms with van der Waals surface area (Å²) in [5.74, 6) is 1.38. The standard InChI is InChI=1S/C10H21NS/c1-3-5-9(2)11-8-10-6-4-7-12-10/h9-11H,3-8H2,1-2H3. The Morgan fingerprint density at radius 2 is 2.42 bits per heavy atom. The number of nitrogens with one attached hydrogen (secondary N) is 1. The molecule has 0 aliphatic carbocycles. The molecule has 2 atom stereocenters. The maximum absolute atomic E-state index is 3.60. The fourth-order valence-electron chi connectivity index (χ4n) is 1.67. The molecule has 72 valence electrons. The second-order valence-electron chi connectivity index (χ2n) is 3.73. The number of hydrogen-bond acceptors (Lipinski definition) is 2. The molecule has 1 rings (SSSR count). The third kappa shape index (κ3) is 3.81. The lowest BCUT2D eigenvalue weighted by Crippen LogP contribution is -2.31. The van der Waals surface area contributed by atoms with Crippen molar-refractivity contribution in [2.75, 3.05) is 12.3 Å². The summed E-state index contributed by atoms with van der Waals surface area (Å²) in [7, 11) is 0. The van der Waals surface area contributed by atoms with Gasteiger partial charge >= 0.3 is 0 Å².